The molecule has 2 heterocycles. The molecule has 0 saturated heterocycles. The molecule has 4 rings (SSSR count). The monoisotopic (exact) mass is 363 g/mol. The number of para-hydroxylation sites is 1. The molecule has 7 nitrogen and oxygen atoms in total. The van der Waals surface area contributed by atoms with Gasteiger partial charge >= 0.3 is 0 Å². The normalized spacial score (nSPS) is 15.6. The molecule has 0 fully saturated rings. The van der Waals surface area contributed by atoms with Crippen LogP contribution in [0.3, 0.4) is 0 Å². The van der Waals surface area contributed by atoms with Crippen molar-refractivity contribution in [1.29, 1.82) is 0 Å². The van der Waals surface area contributed by atoms with E-state index in [1.807, 2.05) is 18.2 Å². The van der Waals surface area contributed by atoms with Gasteiger partial charge in [-0.15, -0.1) is 0 Å². The van der Waals surface area contributed by atoms with Gasteiger partial charge in [-0.25, -0.2) is 0 Å². The molecule has 138 valence electrons. The molecule has 1 aromatic heterocycles. The molecule has 0 spiro atoms. The minimum Gasteiger partial charge on any atom is -0.493 e. The highest BCUT2D eigenvalue weighted by Crippen LogP contribution is 2.40. The summed E-state index contributed by atoms with van der Waals surface area (Å²) in [7, 11) is 3.26. The fourth-order valence-electron chi connectivity index (χ4n) is 3.30. The molecule has 2 aromatic carbocycles. The van der Waals surface area contributed by atoms with Crippen LogP contribution in [0.2, 0.25) is 0 Å². The lowest BCUT2D eigenvalue weighted by Gasteiger charge is -2.25. The lowest BCUT2D eigenvalue weighted by Crippen LogP contribution is -2.21. The SMILES string of the molecule is COc1cccc([C@H]2C=C(c3ccc(C)c(C)c3)Nc3nnnn32)c1OC. The van der Waals surface area contributed by atoms with Gasteiger partial charge < -0.3 is 14.8 Å². The molecule has 0 unspecified atom stereocenters. The smallest absolute Gasteiger partial charge is 0.248 e. The summed E-state index contributed by atoms with van der Waals surface area (Å²) in [5.74, 6) is 1.92. The lowest BCUT2D eigenvalue weighted by molar-refractivity contribution is 0.348. The third kappa shape index (κ3) is 2.91. The Morgan fingerprint density at radius 3 is 2.63 bits per heavy atom. The number of tetrazole rings is 1. The van der Waals surface area contributed by atoms with Crippen LogP contribution in [0, 0.1) is 13.8 Å². The number of nitrogens with one attached hydrogen (secondary N) is 1. The van der Waals surface area contributed by atoms with Crippen molar-refractivity contribution in [2.45, 2.75) is 19.9 Å². The lowest BCUT2D eigenvalue weighted by atomic mass is 9.98. The molecule has 0 saturated carbocycles. The number of aryl methyl sites for hydroxylation is 2. The minimum atomic E-state index is -0.224. The first-order valence-electron chi connectivity index (χ1n) is 8.67. The molecule has 0 bridgehead atoms. The molecule has 0 aliphatic carbocycles. The summed E-state index contributed by atoms with van der Waals surface area (Å²) in [5, 5.41) is 15.4. The topological polar surface area (TPSA) is 74.1 Å². The Morgan fingerprint density at radius 1 is 1.04 bits per heavy atom. The Morgan fingerprint density at radius 2 is 1.89 bits per heavy atom. The maximum atomic E-state index is 5.63. The molecule has 0 amide bonds. The van der Waals surface area contributed by atoms with Gasteiger partial charge in [0.25, 0.3) is 0 Å². The predicted octanol–water partition coefficient (Wildman–Crippen LogP) is 3.36. The van der Waals surface area contributed by atoms with E-state index in [9.17, 15) is 0 Å². The molecular formula is C20H21N5O2. The van der Waals surface area contributed by atoms with Gasteiger partial charge in [-0.1, -0.05) is 29.4 Å². The number of benzene rings is 2. The fraction of sp³-hybridized carbons (Fsp3) is 0.250. The van der Waals surface area contributed by atoms with Crippen LogP contribution in [0.1, 0.15) is 28.3 Å². The summed E-state index contributed by atoms with van der Waals surface area (Å²) in [5.41, 5.74) is 5.45. The Hall–Kier alpha value is -3.35. The third-order valence-corrected chi connectivity index (χ3v) is 4.90. The number of methoxy groups -OCH3 is 2. The second-order valence-electron chi connectivity index (χ2n) is 6.48. The Kier molecular flexibility index (Phi) is 4.27. The zero-order valence-corrected chi connectivity index (χ0v) is 15.7. The van der Waals surface area contributed by atoms with Crippen molar-refractivity contribution in [2.75, 3.05) is 19.5 Å². The molecule has 3 aromatic rings. The summed E-state index contributed by atoms with van der Waals surface area (Å²) in [6, 6.07) is 12.0. The van der Waals surface area contributed by atoms with Crippen molar-refractivity contribution in [1.82, 2.24) is 20.2 Å². The highest BCUT2D eigenvalue weighted by Gasteiger charge is 2.27. The summed E-state index contributed by atoms with van der Waals surface area (Å²) >= 11 is 0. The van der Waals surface area contributed by atoms with Gasteiger partial charge in [-0.3, -0.25) is 0 Å². The zero-order chi connectivity index (χ0) is 19.0. The summed E-state index contributed by atoms with van der Waals surface area (Å²) < 4.78 is 12.8. The van der Waals surface area contributed by atoms with Crippen LogP contribution in [0.25, 0.3) is 5.70 Å². The second kappa shape index (κ2) is 6.75. The first kappa shape index (κ1) is 17.1. The molecule has 27 heavy (non-hydrogen) atoms. The Bertz CT molecular complexity index is 1020. The number of fused-ring (bicyclic) bond motifs is 1. The maximum absolute atomic E-state index is 5.63. The number of anilines is 1. The van der Waals surface area contributed by atoms with E-state index in [2.05, 4.69) is 59.0 Å². The number of hydrogen-bond donors (Lipinski definition) is 1. The second-order valence-corrected chi connectivity index (χ2v) is 6.48. The molecule has 1 aliphatic heterocycles. The van der Waals surface area contributed by atoms with E-state index in [1.54, 1.807) is 18.9 Å². The average molecular weight is 363 g/mol. The average Bonchev–Trinajstić information content (AvgIpc) is 3.17. The van der Waals surface area contributed by atoms with Gasteiger partial charge in [0.2, 0.25) is 5.95 Å². The third-order valence-electron chi connectivity index (χ3n) is 4.90. The summed E-state index contributed by atoms with van der Waals surface area (Å²) in [6.07, 6.45) is 2.10. The Labute approximate surface area is 157 Å². The number of ether oxygens (including phenoxy) is 2. The highest BCUT2D eigenvalue weighted by molar-refractivity contribution is 5.77. The van der Waals surface area contributed by atoms with Crippen LogP contribution < -0.4 is 14.8 Å². The predicted molar refractivity (Wildman–Crippen MR) is 103 cm³/mol. The Balaban J connectivity index is 1.86. The van der Waals surface area contributed by atoms with Crippen LogP contribution in [0.4, 0.5) is 5.95 Å². The van der Waals surface area contributed by atoms with Crippen LogP contribution in [0.15, 0.2) is 42.5 Å². The van der Waals surface area contributed by atoms with Crippen LogP contribution in [-0.4, -0.2) is 34.4 Å². The number of nitrogens with zero attached hydrogens (tertiary/aromatic N) is 4. The van der Waals surface area contributed by atoms with Gasteiger partial charge in [0.1, 0.15) is 6.04 Å². The van der Waals surface area contributed by atoms with E-state index < -0.39 is 0 Å². The molecule has 0 radical (unpaired) electrons. The van der Waals surface area contributed by atoms with E-state index in [4.69, 9.17) is 9.47 Å². The van der Waals surface area contributed by atoms with Gasteiger partial charge in [0.05, 0.1) is 14.2 Å². The quantitative estimate of drug-likeness (QED) is 0.766. The molecule has 7 heteroatoms. The number of aromatic nitrogens is 4. The van der Waals surface area contributed by atoms with E-state index in [0.29, 0.717) is 17.4 Å². The van der Waals surface area contributed by atoms with Crippen LogP contribution in [-0.2, 0) is 0 Å². The number of rotatable bonds is 4. The van der Waals surface area contributed by atoms with E-state index >= 15 is 0 Å². The van der Waals surface area contributed by atoms with Crippen molar-refractivity contribution in [2.24, 2.45) is 0 Å². The largest absolute Gasteiger partial charge is 0.493 e. The van der Waals surface area contributed by atoms with Gasteiger partial charge in [-0.2, -0.15) is 4.68 Å². The minimum absolute atomic E-state index is 0.224. The van der Waals surface area contributed by atoms with E-state index in [-0.39, 0.29) is 6.04 Å². The highest BCUT2D eigenvalue weighted by atomic mass is 16.5. The first-order valence-corrected chi connectivity index (χ1v) is 8.67. The van der Waals surface area contributed by atoms with Crippen molar-refractivity contribution in [3.05, 3.63) is 64.7 Å². The molecule has 1 N–H and O–H groups in total. The van der Waals surface area contributed by atoms with Crippen LogP contribution in [0.5, 0.6) is 11.5 Å². The fourth-order valence-corrected chi connectivity index (χ4v) is 3.30. The van der Waals surface area contributed by atoms with Crippen molar-refractivity contribution in [3.8, 4) is 11.5 Å². The summed E-state index contributed by atoms with van der Waals surface area (Å²) in [4.78, 5) is 0. The van der Waals surface area contributed by atoms with Gasteiger partial charge in [-0.05, 0) is 59.2 Å². The van der Waals surface area contributed by atoms with Crippen LogP contribution >= 0.6 is 0 Å². The van der Waals surface area contributed by atoms with Crippen molar-refractivity contribution >= 4 is 11.6 Å². The molecule has 1 atom stereocenters. The number of allylic oxidation sites excluding steroid dienone is 1. The summed E-state index contributed by atoms with van der Waals surface area (Å²) in [6.45, 7) is 4.21. The zero-order valence-electron chi connectivity index (χ0n) is 15.7. The molecular weight excluding hydrogens is 342 g/mol. The maximum Gasteiger partial charge on any atom is 0.248 e. The van der Waals surface area contributed by atoms with Crippen molar-refractivity contribution in [3.63, 3.8) is 0 Å². The van der Waals surface area contributed by atoms with E-state index in [1.165, 1.54) is 11.1 Å². The standard InChI is InChI=1S/C20H21N5O2/c1-12-8-9-14(10-13(12)2)16-11-17(25-20(21-16)22-23-24-25)15-6-5-7-18(26-3)19(15)27-4/h5-11,17H,1-4H3,(H,21,22,24)/t17-/m1/s1. The van der Waals surface area contributed by atoms with Gasteiger partial charge in [0, 0.05) is 11.3 Å². The first-order chi connectivity index (χ1) is 13.1. The van der Waals surface area contributed by atoms with Gasteiger partial charge in [0.15, 0.2) is 11.5 Å². The van der Waals surface area contributed by atoms with E-state index in [0.717, 1.165) is 16.8 Å². The molecule has 1 aliphatic rings. The van der Waals surface area contributed by atoms with Crippen molar-refractivity contribution < 1.29 is 9.47 Å². The number of hydrogen-bond acceptors (Lipinski definition) is 6.